The number of rotatable bonds is 20. The van der Waals surface area contributed by atoms with Gasteiger partial charge in [0.05, 0.1) is 26.4 Å². The first-order valence-electron chi connectivity index (χ1n) is 10.9. The third-order valence-electron chi connectivity index (χ3n) is 3.90. The zero-order chi connectivity index (χ0) is 26.5. The summed E-state index contributed by atoms with van der Waals surface area (Å²) >= 11 is 0. The lowest BCUT2D eigenvalue weighted by Gasteiger charge is -2.24. The van der Waals surface area contributed by atoms with Crippen LogP contribution < -0.4 is 0 Å². The van der Waals surface area contributed by atoms with Gasteiger partial charge in [-0.3, -0.25) is 0 Å². The molecule has 14 heteroatoms. The Labute approximate surface area is 206 Å². The molecule has 0 rings (SSSR count). The molecule has 0 aromatic heterocycles. The molecule has 0 bridgehead atoms. The summed E-state index contributed by atoms with van der Waals surface area (Å²) in [5.74, 6) is 0. The van der Waals surface area contributed by atoms with E-state index in [0.29, 0.717) is 0 Å². The van der Waals surface area contributed by atoms with Crippen molar-refractivity contribution in [1.29, 1.82) is 0 Å². The van der Waals surface area contributed by atoms with Gasteiger partial charge < -0.3 is 57.4 Å². The monoisotopic (exact) mass is 496 g/mol. The highest BCUT2D eigenvalue weighted by atomic mass is 16.7. The predicted molar refractivity (Wildman–Crippen MR) is 122 cm³/mol. The summed E-state index contributed by atoms with van der Waals surface area (Å²) in [4.78, 5) is 0. The van der Waals surface area contributed by atoms with Gasteiger partial charge >= 0.3 is 0 Å². The molecule has 34 heavy (non-hydrogen) atoms. The molecule has 12 nitrogen and oxygen atoms in total. The summed E-state index contributed by atoms with van der Waals surface area (Å²) in [6.07, 6.45) is -4.33. The summed E-state index contributed by atoms with van der Waals surface area (Å²) in [7, 11) is 13.0. The van der Waals surface area contributed by atoms with Crippen molar-refractivity contribution >= 4 is 16.1 Å². The van der Waals surface area contributed by atoms with Crippen LogP contribution in [-0.2, 0) is 47.2 Å². The Bertz CT molecular complexity index is 410. The van der Waals surface area contributed by atoms with Gasteiger partial charge in [0.2, 0.25) is 0 Å². The van der Waals surface area contributed by atoms with Crippen LogP contribution in [0.2, 0.25) is 0 Å². The first kappa shape index (κ1) is 35.8. The van der Waals surface area contributed by atoms with Gasteiger partial charge in [0.15, 0.2) is 25.2 Å². The molecule has 0 saturated heterocycles. The molecular formula is C20H42B2O12. The summed E-state index contributed by atoms with van der Waals surface area (Å²) in [5, 5.41) is 17.9. The van der Waals surface area contributed by atoms with Gasteiger partial charge in [0.25, 0.3) is 16.1 Å². The van der Waals surface area contributed by atoms with Crippen molar-refractivity contribution in [2.24, 2.45) is 0 Å². The van der Waals surface area contributed by atoms with E-state index in [9.17, 15) is 0 Å². The Morgan fingerprint density at radius 2 is 0.824 bits per heavy atom. The lowest BCUT2D eigenvalue weighted by Crippen LogP contribution is -2.33. The molecule has 0 amide bonds. The van der Waals surface area contributed by atoms with E-state index in [1.165, 1.54) is 21.0 Å². The minimum atomic E-state index is -0.865. The Hall–Kier alpha value is -0.350. The molecule has 0 aliphatic rings. The molecule has 6 unspecified atom stereocenters. The summed E-state index contributed by atoms with van der Waals surface area (Å²) in [6, 6.07) is 0. The number of hydrogen-bond acceptors (Lipinski definition) is 12. The zero-order valence-corrected chi connectivity index (χ0v) is 21.6. The van der Waals surface area contributed by atoms with Gasteiger partial charge in [-0.1, -0.05) is 0 Å². The minimum Gasteiger partial charge on any atom is -0.425 e. The van der Waals surface area contributed by atoms with E-state index in [1.54, 1.807) is 34.8 Å². The van der Waals surface area contributed by atoms with Crippen molar-refractivity contribution in [2.75, 3.05) is 40.6 Å². The van der Waals surface area contributed by atoms with Gasteiger partial charge in [-0.05, 0) is 41.5 Å². The quantitative estimate of drug-likeness (QED) is 0.178. The molecule has 0 spiro atoms. The van der Waals surface area contributed by atoms with Crippen molar-refractivity contribution in [3.05, 3.63) is 0 Å². The van der Waals surface area contributed by atoms with Crippen molar-refractivity contribution in [3.63, 3.8) is 0 Å². The van der Waals surface area contributed by atoms with Crippen LogP contribution in [-0.4, -0.2) is 117 Å². The Morgan fingerprint density at radius 3 is 1.06 bits per heavy atom. The maximum Gasteiger partial charge on any atom is 0.286 e. The number of aliphatic hydroxyl groups excluding tert-OH is 2. The zero-order valence-electron chi connectivity index (χ0n) is 21.6. The van der Waals surface area contributed by atoms with Crippen molar-refractivity contribution in [3.8, 4) is 0 Å². The highest BCUT2D eigenvalue weighted by Gasteiger charge is 2.17. The number of ether oxygens (including phenoxy) is 8. The molecule has 0 heterocycles. The average molecular weight is 496 g/mol. The molecule has 6 atom stereocenters. The highest BCUT2D eigenvalue weighted by Crippen LogP contribution is 2.06. The van der Waals surface area contributed by atoms with E-state index in [2.05, 4.69) is 9.31 Å². The molecule has 0 fully saturated rings. The smallest absolute Gasteiger partial charge is 0.286 e. The topological polar surface area (TPSA) is 133 Å². The second kappa shape index (κ2) is 23.1. The molecular weight excluding hydrogens is 454 g/mol. The Kier molecular flexibility index (Phi) is 24.3. The van der Waals surface area contributed by atoms with Crippen LogP contribution in [0.25, 0.3) is 0 Å². The predicted octanol–water partition coefficient (Wildman–Crippen LogP) is 0.363. The largest absolute Gasteiger partial charge is 0.425 e. The molecule has 4 radical (unpaired) electrons. The van der Waals surface area contributed by atoms with Crippen molar-refractivity contribution in [2.45, 2.75) is 91.5 Å². The van der Waals surface area contributed by atoms with Crippen LogP contribution in [0.5, 0.6) is 0 Å². The molecule has 0 aromatic carbocycles. The van der Waals surface area contributed by atoms with E-state index in [0.717, 1.165) is 0 Å². The number of aliphatic hydroxyl groups is 2. The highest BCUT2D eigenvalue weighted by molar-refractivity contribution is 5.98. The van der Waals surface area contributed by atoms with E-state index in [4.69, 9.17) is 64.2 Å². The van der Waals surface area contributed by atoms with Gasteiger partial charge in [0.1, 0.15) is 24.8 Å². The summed E-state index contributed by atoms with van der Waals surface area (Å²) < 4.78 is 50.4. The van der Waals surface area contributed by atoms with Crippen molar-refractivity contribution in [1.82, 2.24) is 0 Å². The molecule has 0 aliphatic carbocycles. The van der Waals surface area contributed by atoms with Crippen LogP contribution in [0.3, 0.4) is 0 Å². The van der Waals surface area contributed by atoms with Crippen LogP contribution in [0.4, 0.5) is 0 Å². The lowest BCUT2D eigenvalue weighted by atomic mass is 10.4. The molecule has 0 saturated carbocycles. The van der Waals surface area contributed by atoms with Crippen molar-refractivity contribution < 1.29 is 57.4 Å². The second-order valence-electron chi connectivity index (χ2n) is 7.06. The van der Waals surface area contributed by atoms with Gasteiger partial charge in [-0.2, -0.15) is 0 Å². The standard InChI is InChI=1S/C10H20B2O6.C10H22O6/c1-7(13-4)16-10(5-14-8(2)17-11)6-15-9(3)18-12;1-7(11)14-5-10(6-15-8(2)12)16-9(3)13-4/h7-10H,5-6H2,1-4H3;7-12H,5-6H2,1-4H3. The maximum absolute atomic E-state index is 8.97. The van der Waals surface area contributed by atoms with E-state index in [1.807, 2.05) is 0 Å². The third kappa shape index (κ3) is 23.4. The van der Waals surface area contributed by atoms with E-state index in [-0.39, 0.29) is 38.8 Å². The van der Waals surface area contributed by atoms with Crippen LogP contribution in [0.1, 0.15) is 41.5 Å². The number of methoxy groups -OCH3 is 2. The summed E-state index contributed by atoms with van der Waals surface area (Å²) in [6.45, 7) is 10.7. The fourth-order valence-electron chi connectivity index (χ4n) is 1.96. The second-order valence-corrected chi connectivity index (χ2v) is 7.06. The van der Waals surface area contributed by atoms with Crippen LogP contribution in [0.15, 0.2) is 0 Å². The van der Waals surface area contributed by atoms with E-state index < -0.39 is 37.6 Å². The fraction of sp³-hybridized carbons (Fsp3) is 1.00. The van der Waals surface area contributed by atoms with Crippen LogP contribution in [0, 0.1) is 0 Å². The van der Waals surface area contributed by atoms with Gasteiger partial charge in [-0.25, -0.2) is 0 Å². The normalized spacial score (nSPS) is 18.6. The fourth-order valence-corrected chi connectivity index (χ4v) is 1.96. The lowest BCUT2D eigenvalue weighted by molar-refractivity contribution is -0.207. The molecule has 200 valence electrons. The first-order chi connectivity index (χ1) is 16.0. The summed E-state index contributed by atoms with van der Waals surface area (Å²) in [5.41, 5.74) is 0. The Balaban J connectivity index is 0. The molecule has 0 aromatic rings. The van der Waals surface area contributed by atoms with Crippen LogP contribution >= 0.6 is 0 Å². The first-order valence-corrected chi connectivity index (χ1v) is 10.9. The minimum absolute atomic E-state index is 0.165. The molecule has 0 aliphatic heterocycles. The third-order valence-corrected chi connectivity index (χ3v) is 3.90. The molecule has 2 N–H and O–H groups in total. The maximum atomic E-state index is 8.97. The van der Waals surface area contributed by atoms with Gasteiger partial charge in [-0.15, -0.1) is 0 Å². The number of hydrogen-bond donors (Lipinski definition) is 2. The average Bonchev–Trinajstić information content (AvgIpc) is 2.81. The Morgan fingerprint density at radius 1 is 0.529 bits per heavy atom. The van der Waals surface area contributed by atoms with Gasteiger partial charge in [0, 0.05) is 14.2 Å². The van der Waals surface area contributed by atoms with E-state index >= 15 is 0 Å². The SMILES string of the molecule is COC(C)OC(COC(C)O)COC(C)O.[B]OC(C)OCC(COC(C)O[B])OC(C)OC.